The average Bonchev–Trinajstić information content (AvgIpc) is 2.95. The van der Waals surface area contributed by atoms with E-state index in [9.17, 15) is 4.79 Å². The molecule has 0 atom stereocenters. The van der Waals surface area contributed by atoms with Crippen LogP contribution in [-0.4, -0.2) is 24.1 Å². The lowest BCUT2D eigenvalue weighted by Gasteiger charge is -2.05. The Bertz CT molecular complexity index is 866. The summed E-state index contributed by atoms with van der Waals surface area (Å²) in [6, 6.07) is 12.5. The Labute approximate surface area is 148 Å². The summed E-state index contributed by atoms with van der Waals surface area (Å²) in [5.74, 6) is 1.05. The maximum atomic E-state index is 12.0. The van der Waals surface area contributed by atoms with Crippen molar-refractivity contribution in [3.05, 3.63) is 47.5 Å². The molecule has 24 heavy (non-hydrogen) atoms. The molecule has 1 amide bonds. The largest absolute Gasteiger partial charge is 0.494 e. The van der Waals surface area contributed by atoms with Gasteiger partial charge in [-0.25, -0.2) is 4.98 Å². The minimum atomic E-state index is -0.279. The van der Waals surface area contributed by atoms with Crippen LogP contribution in [0.2, 0.25) is 5.02 Å². The van der Waals surface area contributed by atoms with Gasteiger partial charge in [0.05, 0.1) is 16.8 Å². The Morgan fingerprint density at radius 3 is 2.83 bits per heavy atom. The van der Waals surface area contributed by atoms with Gasteiger partial charge in [0.15, 0.2) is 11.7 Å². The van der Waals surface area contributed by atoms with E-state index < -0.39 is 0 Å². The Morgan fingerprint density at radius 1 is 1.21 bits per heavy atom. The van der Waals surface area contributed by atoms with Crippen LogP contribution >= 0.6 is 22.9 Å². The number of ether oxygens (including phenoxy) is 2. The average molecular weight is 363 g/mol. The molecule has 0 fully saturated rings. The zero-order valence-electron chi connectivity index (χ0n) is 12.9. The number of anilines is 1. The van der Waals surface area contributed by atoms with Crippen molar-refractivity contribution in [1.82, 2.24) is 4.98 Å². The van der Waals surface area contributed by atoms with Crippen LogP contribution in [0, 0.1) is 0 Å². The lowest BCUT2D eigenvalue weighted by Crippen LogP contribution is -2.19. The molecule has 0 bridgehead atoms. The molecule has 0 saturated heterocycles. The molecule has 5 nitrogen and oxygen atoms in total. The summed E-state index contributed by atoms with van der Waals surface area (Å²) in [5, 5.41) is 3.82. The lowest BCUT2D eigenvalue weighted by atomic mass is 10.3. The van der Waals surface area contributed by atoms with E-state index in [-0.39, 0.29) is 12.5 Å². The van der Waals surface area contributed by atoms with Gasteiger partial charge < -0.3 is 9.47 Å². The van der Waals surface area contributed by atoms with Gasteiger partial charge in [-0.15, -0.1) is 0 Å². The van der Waals surface area contributed by atoms with Crippen LogP contribution in [0.5, 0.6) is 11.5 Å². The number of hydrogen-bond donors (Lipinski definition) is 1. The minimum Gasteiger partial charge on any atom is -0.494 e. The van der Waals surface area contributed by atoms with Gasteiger partial charge in [-0.2, -0.15) is 0 Å². The van der Waals surface area contributed by atoms with Crippen molar-refractivity contribution in [2.24, 2.45) is 0 Å². The number of nitrogens with one attached hydrogen (secondary N) is 1. The first-order valence-electron chi connectivity index (χ1n) is 7.35. The first-order valence-corrected chi connectivity index (χ1v) is 8.55. The number of amides is 1. The molecule has 7 heteroatoms. The van der Waals surface area contributed by atoms with Crippen LogP contribution in [0.25, 0.3) is 10.2 Å². The molecule has 1 aromatic heterocycles. The van der Waals surface area contributed by atoms with Crippen LogP contribution in [0.4, 0.5) is 5.13 Å². The third-order valence-electron chi connectivity index (χ3n) is 3.08. The molecule has 0 aliphatic rings. The number of benzene rings is 2. The van der Waals surface area contributed by atoms with E-state index in [4.69, 9.17) is 21.1 Å². The topological polar surface area (TPSA) is 60.5 Å². The Balaban J connectivity index is 1.62. The fraction of sp³-hybridized carbons (Fsp3) is 0.176. The first-order chi connectivity index (χ1) is 11.6. The monoisotopic (exact) mass is 362 g/mol. The van der Waals surface area contributed by atoms with E-state index in [0.29, 0.717) is 22.5 Å². The molecule has 1 heterocycles. The summed E-state index contributed by atoms with van der Waals surface area (Å²) < 4.78 is 11.8. The van der Waals surface area contributed by atoms with E-state index in [0.717, 1.165) is 16.0 Å². The molecular formula is C17H15ClN2O3S. The molecule has 1 N–H and O–H groups in total. The van der Waals surface area contributed by atoms with E-state index >= 15 is 0 Å². The standard InChI is InChI=1S/C17H15ClN2O3S/c1-2-22-13-6-7-14-15(9-13)24-17(19-14)20-16(21)10-23-12-5-3-4-11(18)8-12/h3-9H,2,10H2,1H3,(H,19,20,21). The van der Waals surface area contributed by atoms with Crippen molar-refractivity contribution in [2.75, 3.05) is 18.5 Å². The smallest absolute Gasteiger partial charge is 0.264 e. The van der Waals surface area contributed by atoms with Gasteiger partial charge >= 0.3 is 0 Å². The number of nitrogens with zero attached hydrogens (tertiary/aromatic N) is 1. The van der Waals surface area contributed by atoms with E-state index in [1.807, 2.05) is 25.1 Å². The lowest BCUT2D eigenvalue weighted by molar-refractivity contribution is -0.118. The highest BCUT2D eigenvalue weighted by Crippen LogP contribution is 2.29. The Morgan fingerprint density at radius 2 is 2.04 bits per heavy atom. The maximum absolute atomic E-state index is 12.0. The van der Waals surface area contributed by atoms with E-state index in [1.54, 1.807) is 24.3 Å². The highest BCUT2D eigenvalue weighted by molar-refractivity contribution is 7.22. The number of halogens is 1. The molecule has 0 aliphatic heterocycles. The van der Waals surface area contributed by atoms with E-state index in [1.165, 1.54) is 11.3 Å². The van der Waals surface area contributed by atoms with Crippen molar-refractivity contribution in [1.29, 1.82) is 0 Å². The number of thiazole rings is 1. The highest BCUT2D eigenvalue weighted by atomic mass is 35.5. The van der Waals surface area contributed by atoms with Crippen molar-refractivity contribution in [3.8, 4) is 11.5 Å². The zero-order valence-corrected chi connectivity index (χ0v) is 14.5. The molecule has 0 radical (unpaired) electrons. The van der Waals surface area contributed by atoms with Gasteiger partial charge in [-0.1, -0.05) is 29.0 Å². The fourth-order valence-electron chi connectivity index (χ4n) is 2.08. The molecule has 0 spiro atoms. The van der Waals surface area contributed by atoms with Crippen molar-refractivity contribution in [2.45, 2.75) is 6.92 Å². The number of carbonyl (C=O) groups excluding carboxylic acids is 1. The normalized spacial score (nSPS) is 10.6. The van der Waals surface area contributed by atoms with E-state index in [2.05, 4.69) is 10.3 Å². The summed E-state index contributed by atoms with van der Waals surface area (Å²) in [4.78, 5) is 16.4. The number of rotatable bonds is 6. The Kier molecular flexibility index (Phi) is 5.17. The predicted octanol–water partition coefficient (Wildman–Crippen LogP) is 4.37. The summed E-state index contributed by atoms with van der Waals surface area (Å²) >= 11 is 7.26. The molecule has 0 unspecified atom stereocenters. The second-order valence-electron chi connectivity index (χ2n) is 4.88. The summed E-state index contributed by atoms with van der Waals surface area (Å²) in [7, 11) is 0. The van der Waals surface area contributed by atoms with Gasteiger partial charge in [0.25, 0.3) is 5.91 Å². The molecular weight excluding hydrogens is 348 g/mol. The fourth-order valence-corrected chi connectivity index (χ4v) is 3.17. The first kappa shape index (κ1) is 16.5. The third-order valence-corrected chi connectivity index (χ3v) is 4.25. The van der Waals surface area contributed by atoms with Crippen molar-refractivity contribution in [3.63, 3.8) is 0 Å². The van der Waals surface area contributed by atoms with Crippen LogP contribution < -0.4 is 14.8 Å². The summed E-state index contributed by atoms with van der Waals surface area (Å²) in [5.41, 5.74) is 0.814. The number of carbonyl (C=O) groups is 1. The maximum Gasteiger partial charge on any atom is 0.264 e. The van der Waals surface area contributed by atoms with Crippen LogP contribution in [0.3, 0.4) is 0 Å². The summed E-state index contributed by atoms with van der Waals surface area (Å²) in [6.45, 7) is 2.43. The predicted molar refractivity (Wildman–Crippen MR) is 96.4 cm³/mol. The van der Waals surface area contributed by atoms with Gasteiger partial charge in [0, 0.05) is 5.02 Å². The van der Waals surface area contributed by atoms with Crippen LogP contribution in [0.1, 0.15) is 6.92 Å². The minimum absolute atomic E-state index is 0.111. The van der Waals surface area contributed by atoms with Crippen molar-refractivity contribution >= 4 is 44.2 Å². The molecule has 0 saturated carbocycles. The number of aromatic nitrogens is 1. The van der Waals surface area contributed by atoms with Crippen molar-refractivity contribution < 1.29 is 14.3 Å². The van der Waals surface area contributed by atoms with Crippen LogP contribution in [0.15, 0.2) is 42.5 Å². The molecule has 124 valence electrons. The van der Waals surface area contributed by atoms with Gasteiger partial charge in [0.2, 0.25) is 0 Å². The van der Waals surface area contributed by atoms with Gasteiger partial charge in [-0.3, -0.25) is 10.1 Å². The molecule has 0 aliphatic carbocycles. The molecule has 3 aromatic rings. The quantitative estimate of drug-likeness (QED) is 0.707. The SMILES string of the molecule is CCOc1ccc2nc(NC(=O)COc3cccc(Cl)c3)sc2c1. The number of fused-ring (bicyclic) bond motifs is 1. The second kappa shape index (κ2) is 7.51. The second-order valence-corrected chi connectivity index (χ2v) is 6.34. The Hall–Kier alpha value is -2.31. The molecule has 2 aromatic carbocycles. The third kappa shape index (κ3) is 4.15. The van der Waals surface area contributed by atoms with Crippen LogP contribution in [-0.2, 0) is 4.79 Å². The van der Waals surface area contributed by atoms with Gasteiger partial charge in [0.1, 0.15) is 11.5 Å². The summed E-state index contributed by atoms with van der Waals surface area (Å²) in [6.07, 6.45) is 0. The van der Waals surface area contributed by atoms with Gasteiger partial charge in [-0.05, 0) is 43.3 Å². The highest BCUT2D eigenvalue weighted by Gasteiger charge is 2.09. The molecule has 3 rings (SSSR count). The zero-order chi connectivity index (χ0) is 16.9. The number of hydrogen-bond acceptors (Lipinski definition) is 5.